The molecule has 10 heteroatoms. The zero-order chi connectivity index (χ0) is 24.7. The number of hydrogen-bond donors (Lipinski definition) is 4. The Morgan fingerprint density at radius 2 is 1.03 bits per heavy atom. The molecule has 2 aromatic heterocycles. The molecule has 0 unspecified atom stereocenters. The van der Waals surface area contributed by atoms with Crippen molar-refractivity contribution in [3.05, 3.63) is 94.7 Å². The monoisotopic (exact) mass is 512 g/mol. The molecule has 4 N–H and O–H groups in total. The molecule has 5 rings (SSSR count). The van der Waals surface area contributed by atoms with Crippen LogP contribution in [0.1, 0.15) is 11.1 Å². The summed E-state index contributed by atoms with van der Waals surface area (Å²) in [5.41, 5.74) is 10.7. The summed E-state index contributed by atoms with van der Waals surface area (Å²) in [4.78, 5) is 9.16. The Morgan fingerprint density at radius 3 is 1.44 bits per heavy atom. The maximum atomic E-state index is 9.80. The highest BCUT2D eigenvalue weighted by atomic mass is 32.1. The Kier molecular flexibility index (Phi) is 6.97. The Labute approximate surface area is 215 Å². The van der Waals surface area contributed by atoms with Crippen LogP contribution in [0.15, 0.2) is 93.8 Å². The summed E-state index contributed by atoms with van der Waals surface area (Å²) < 4.78 is 0. The Morgan fingerprint density at radius 1 is 0.611 bits per heavy atom. The number of para-hydroxylation sites is 2. The van der Waals surface area contributed by atoms with Crippen molar-refractivity contribution >= 4 is 45.4 Å². The Bertz CT molecular complexity index is 1410. The van der Waals surface area contributed by atoms with E-state index in [9.17, 15) is 10.2 Å². The number of nitrogens with zero attached hydrogens (tertiary/aromatic N) is 4. The van der Waals surface area contributed by atoms with Gasteiger partial charge in [-0.25, -0.2) is 9.97 Å². The van der Waals surface area contributed by atoms with E-state index in [-0.39, 0.29) is 11.5 Å². The molecule has 178 valence electrons. The summed E-state index contributed by atoms with van der Waals surface area (Å²) >= 11 is 2.90. The van der Waals surface area contributed by atoms with Crippen LogP contribution in [0.25, 0.3) is 22.5 Å². The lowest BCUT2D eigenvalue weighted by molar-refractivity contribution is 0.474. The number of aromatic nitrogens is 2. The second-order valence-electron chi connectivity index (χ2n) is 7.51. The molecule has 0 amide bonds. The minimum absolute atomic E-state index is 0.172. The van der Waals surface area contributed by atoms with Crippen LogP contribution in [0.3, 0.4) is 0 Å². The van der Waals surface area contributed by atoms with E-state index in [1.54, 1.807) is 48.8 Å². The third-order valence-electron chi connectivity index (χ3n) is 5.09. The van der Waals surface area contributed by atoms with Crippen molar-refractivity contribution < 1.29 is 10.2 Å². The fourth-order valence-electron chi connectivity index (χ4n) is 3.23. The predicted molar refractivity (Wildman–Crippen MR) is 147 cm³/mol. The lowest BCUT2D eigenvalue weighted by atomic mass is 10.1. The molecule has 8 nitrogen and oxygen atoms in total. The first-order valence-electron chi connectivity index (χ1n) is 10.8. The number of benzene rings is 3. The van der Waals surface area contributed by atoms with E-state index in [2.05, 4.69) is 31.0 Å². The SMILES string of the molecule is Oc1ccccc1/C=N/Nc1nc(-c2ccc(-c3csc(N/N=C/c4ccccc4O)n3)cc2)cs1. The van der Waals surface area contributed by atoms with Crippen molar-refractivity contribution in [3.8, 4) is 34.0 Å². The van der Waals surface area contributed by atoms with Gasteiger partial charge in [0.15, 0.2) is 0 Å². The topological polar surface area (TPSA) is 115 Å². The van der Waals surface area contributed by atoms with Gasteiger partial charge in [0.2, 0.25) is 10.3 Å². The molecule has 0 bridgehead atoms. The van der Waals surface area contributed by atoms with Crippen LogP contribution in [0.5, 0.6) is 11.5 Å². The van der Waals surface area contributed by atoms with Gasteiger partial charge in [-0.05, 0) is 24.3 Å². The van der Waals surface area contributed by atoms with Gasteiger partial charge < -0.3 is 10.2 Å². The van der Waals surface area contributed by atoms with E-state index in [4.69, 9.17) is 0 Å². The maximum absolute atomic E-state index is 9.80. The van der Waals surface area contributed by atoms with Gasteiger partial charge in [0.25, 0.3) is 0 Å². The second-order valence-corrected chi connectivity index (χ2v) is 9.23. The molecular weight excluding hydrogens is 492 g/mol. The number of thiazole rings is 2. The van der Waals surface area contributed by atoms with Gasteiger partial charge >= 0.3 is 0 Å². The van der Waals surface area contributed by atoms with Crippen LogP contribution >= 0.6 is 22.7 Å². The van der Waals surface area contributed by atoms with Gasteiger partial charge in [0.05, 0.1) is 23.8 Å². The van der Waals surface area contributed by atoms with Crippen molar-refractivity contribution in [2.24, 2.45) is 10.2 Å². The van der Waals surface area contributed by atoms with Crippen LogP contribution in [-0.4, -0.2) is 32.6 Å². The first kappa shape index (κ1) is 23.2. The van der Waals surface area contributed by atoms with Gasteiger partial charge in [0, 0.05) is 33.0 Å². The smallest absolute Gasteiger partial charge is 0.203 e. The molecule has 2 heterocycles. The molecule has 5 aromatic rings. The average Bonchev–Trinajstić information content (AvgIpc) is 3.57. The van der Waals surface area contributed by atoms with Crippen LogP contribution in [0.2, 0.25) is 0 Å². The van der Waals surface area contributed by atoms with Crippen molar-refractivity contribution in [2.45, 2.75) is 0 Å². The highest BCUT2D eigenvalue weighted by Gasteiger charge is 2.08. The minimum atomic E-state index is 0.172. The highest BCUT2D eigenvalue weighted by Crippen LogP contribution is 2.29. The molecule has 3 aromatic carbocycles. The van der Waals surface area contributed by atoms with Gasteiger partial charge in [-0.2, -0.15) is 10.2 Å². The van der Waals surface area contributed by atoms with Gasteiger partial charge in [-0.15, -0.1) is 22.7 Å². The number of aromatic hydroxyl groups is 2. The van der Waals surface area contributed by atoms with Gasteiger partial charge in [0.1, 0.15) is 11.5 Å². The largest absolute Gasteiger partial charge is 0.507 e. The zero-order valence-electron chi connectivity index (χ0n) is 18.7. The number of nitrogens with one attached hydrogen (secondary N) is 2. The van der Waals surface area contributed by atoms with Gasteiger partial charge in [-0.3, -0.25) is 10.9 Å². The molecular formula is C26H20N6O2S2. The van der Waals surface area contributed by atoms with E-state index < -0.39 is 0 Å². The van der Waals surface area contributed by atoms with Crippen molar-refractivity contribution in [1.82, 2.24) is 9.97 Å². The lowest BCUT2D eigenvalue weighted by Gasteiger charge is -2.00. The predicted octanol–water partition coefficient (Wildman–Crippen LogP) is 6.24. The van der Waals surface area contributed by atoms with Crippen molar-refractivity contribution in [1.29, 1.82) is 0 Å². The first-order chi connectivity index (χ1) is 17.7. The average molecular weight is 513 g/mol. The third kappa shape index (κ3) is 5.57. The second kappa shape index (κ2) is 10.8. The summed E-state index contributed by atoms with van der Waals surface area (Å²) in [6.07, 6.45) is 3.11. The number of anilines is 2. The summed E-state index contributed by atoms with van der Waals surface area (Å²) in [7, 11) is 0. The summed E-state index contributed by atoms with van der Waals surface area (Å²) in [6, 6.07) is 22.0. The first-order valence-corrected chi connectivity index (χ1v) is 12.6. The third-order valence-corrected chi connectivity index (χ3v) is 6.58. The molecule has 0 saturated heterocycles. The number of hydrogen-bond acceptors (Lipinski definition) is 10. The summed E-state index contributed by atoms with van der Waals surface area (Å²) in [6.45, 7) is 0. The molecule has 0 atom stereocenters. The summed E-state index contributed by atoms with van der Waals surface area (Å²) in [5.74, 6) is 0.345. The van der Waals surface area contributed by atoms with Crippen molar-refractivity contribution in [2.75, 3.05) is 10.9 Å². The standard InChI is InChI=1S/C26H20N6O2S2/c33-23-7-3-1-5-19(23)13-27-31-25-29-21(15-35-25)17-9-11-18(12-10-17)22-16-36-26(30-22)32-28-14-20-6-2-4-8-24(20)34/h1-16,33-34H,(H,29,31)(H,30,32)/b27-13+,28-14+. The molecule has 0 aliphatic carbocycles. The quantitative estimate of drug-likeness (QED) is 0.145. The molecule has 0 aliphatic heterocycles. The van der Waals surface area contributed by atoms with Crippen LogP contribution in [0, 0.1) is 0 Å². The Hall–Kier alpha value is -4.54. The van der Waals surface area contributed by atoms with Crippen LogP contribution in [0.4, 0.5) is 10.3 Å². The van der Waals surface area contributed by atoms with E-state index in [1.165, 1.54) is 22.7 Å². The van der Waals surface area contributed by atoms with E-state index in [0.717, 1.165) is 22.5 Å². The van der Waals surface area contributed by atoms with E-state index in [1.807, 2.05) is 47.2 Å². The van der Waals surface area contributed by atoms with Gasteiger partial charge in [-0.1, -0.05) is 48.5 Å². The van der Waals surface area contributed by atoms with Crippen molar-refractivity contribution in [3.63, 3.8) is 0 Å². The number of phenolic OH excluding ortho intramolecular Hbond substituents is 2. The lowest BCUT2D eigenvalue weighted by Crippen LogP contribution is -1.91. The maximum Gasteiger partial charge on any atom is 0.203 e. The Balaban J connectivity index is 1.20. The fourth-order valence-corrected chi connectivity index (χ4v) is 4.57. The molecule has 0 spiro atoms. The summed E-state index contributed by atoms with van der Waals surface area (Å²) in [5, 5.41) is 33.1. The molecule has 0 aliphatic rings. The molecule has 36 heavy (non-hydrogen) atoms. The fraction of sp³-hybridized carbons (Fsp3) is 0. The number of hydrazone groups is 2. The minimum Gasteiger partial charge on any atom is -0.507 e. The zero-order valence-corrected chi connectivity index (χ0v) is 20.4. The van der Waals surface area contributed by atoms with Crippen LogP contribution < -0.4 is 10.9 Å². The van der Waals surface area contributed by atoms with E-state index in [0.29, 0.717) is 21.4 Å². The molecule has 0 fully saturated rings. The van der Waals surface area contributed by atoms with E-state index >= 15 is 0 Å². The highest BCUT2D eigenvalue weighted by molar-refractivity contribution is 7.14. The number of phenols is 2. The normalized spacial score (nSPS) is 11.3. The number of rotatable bonds is 8. The molecule has 0 saturated carbocycles. The van der Waals surface area contributed by atoms with Crippen LogP contribution in [-0.2, 0) is 0 Å². The molecule has 0 radical (unpaired) electrons.